The Morgan fingerprint density at radius 1 is 1.06 bits per heavy atom. The molecule has 1 aliphatic heterocycles. The van der Waals surface area contributed by atoms with E-state index in [0.29, 0.717) is 18.0 Å². The van der Waals surface area contributed by atoms with E-state index in [1.807, 2.05) is 27.1 Å². The number of ether oxygens (including phenoxy) is 1. The molecular weight excluding hydrogens is 392 g/mol. The Morgan fingerprint density at radius 2 is 1.74 bits per heavy atom. The van der Waals surface area contributed by atoms with E-state index in [4.69, 9.17) is 4.74 Å². The van der Waals surface area contributed by atoms with Crippen LogP contribution in [-0.2, 0) is 9.59 Å². The van der Waals surface area contributed by atoms with Crippen molar-refractivity contribution in [3.05, 3.63) is 53.6 Å². The molecule has 0 saturated carbocycles. The van der Waals surface area contributed by atoms with Gasteiger partial charge in [-0.2, -0.15) is 0 Å². The Hall–Kier alpha value is -3.06. The largest absolute Gasteiger partial charge is 0.495 e. The SMILES string of the molecule is COc1ccc(C)cc1NC(=O)C(=O)NCC(c1ccc(N(C)C)cc1)N1CCCC1. The van der Waals surface area contributed by atoms with Gasteiger partial charge in [-0.05, 0) is 68.2 Å². The van der Waals surface area contributed by atoms with E-state index in [0.717, 1.165) is 42.7 Å². The van der Waals surface area contributed by atoms with E-state index in [2.05, 4.69) is 44.7 Å². The molecule has 2 aromatic rings. The van der Waals surface area contributed by atoms with Gasteiger partial charge >= 0.3 is 11.8 Å². The van der Waals surface area contributed by atoms with Crippen LogP contribution in [0.25, 0.3) is 0 Å². The molecular formula is C24H32N4O3. The molecule has 0 aromatic heterocycles. The number of hydrogen-bond acceptors (Lipinski definition) is 5. The van der Waals surface area contributed by atoms with Crippen LogP contribution in [0, 0.1) is 6.92 Å². The predicted octanol–water partition coefficient (Wildman–Crippen LogP) is 2.96. The highest BCUT2D eigenvalue weighted by Crippen LogP contribution is 2.27. The molecule has 7 nitrogen and oxygen atoms in total. The van der Waals surface area contributed by atoms with Gasteiger partial charge < -0.3 is 20.3 Å². The highest BCUT2D eigenvalue weighted by atomic mass is 16.5. The standard InChI is InChI=1S/C24H32N4O3/c1-17-7-12-22(31-4)20(15-17)26-24(30)23(29)25-16-21(28-13-5-6-14-28)18-8-10-19(11-9-18)27(2)3/h7-12,15,21H,5-6,13-14,16H2,1-4H3,(H,25,29)(H,26,30). The van der Waals surface area contributed by atoms with Gasteiger partial charge in [0.15, 0.2) is 0 Å². The molecule has 1 unspecified atom stereocenters. The summed E-state index contributed by atoms with van der Waals surface area (Å²) < 4.78 is 5.27. The number of nitrogens with zero attached hydrogens (tertiary/aromatic N) is 2. The van der Waals surface area contributed by atoms with Crippen LogP contribution in [0.5, 0.6) is 5.75 Å². The van der Waals surface area contributed by atoms with E-state index in [1.54, 1.807) is 12.1 Å². The van der Waals surface area contributed by atoms with Gasteiger partial charge in [0.05, 0.1) is 18.8 Å². The molecule has 2 N–H and O–H groups in total. The minimum atomic E-state index is -0.702. The van der Waals surface area contributed by atoms with Gasteiger partial charge in [-0.25, -0.2) is 0 Å². The minimum Gasteiger partial charge on any atom is -0.495 e. The van der Waals surface area contributed by atoms with E-state index in [-0.39, 0.29) is 6.04 Å². The zero-order valence-corrected chi connectivity index (χ0v) is 18.8. The number of methoxy groups -OCH3 is 1. The molecule has 31 heavy (non-hydrogen) atoms. The van der Waals surface area contributed by atoms with Crippen LogP contribution in [0.15, 0.2) is 42.5 Å². The van der Waals surface area contributed by atoms with Gasteiger partial charge in [0.1, 0.15) is 5.75 Å². The monoisotopic (exact) mass is 424 g/mol. The molecule has 2 amide bonds. The van der Waals surface area contributed by atoms with E-state index < -0.39 is 11.8 Å². The van der Waals surface area contributed by atoms with Gasteiger partial charge in [0.25, 0.3) is 0 Å². The normalized spacial score (nSPS) is 14.7. The number of anilines is 2. The van der Waals surface area contributed by atoms with Crippen LogP contribution < -0.4 is 20.3 Å². The first kappa shape index (κ1) is 22.6. The number of hydrogen-bond donors (Lipinski definition) is 2. The van der Waals surface area contributed by atoms with Crippen LogP contribution in [0.4, 0.5) is 11.4 Å². The van der Waals surface area contributed by atoms with Gasteiger partial charge in [-0.3, -0.25) is 14.5 Å². The highest BCUT2D eigenvalue weighted by molar-refractivity contribution is 6.39. The summed E-state index contributed by atoms with van der Waals surface area (Å²) in [6.07, 6.45) is 2.29. The van der Waals surface area contributed by atoms with Crippen molar-refractivity contribution in [2.24, 2.45) is 0 Å². The number of nitrogens with one attached hydrogen (secondary N) is 2. The molecule has 0 radical (unpaired) electrons. The lowest BCUT2D eigenvalue weighted by Crippen LogP contribution is -2.41. The lowest BCUT2D eigenvalue weighted by atomic mass is 10.0. The molecule has 3 rings (SSSR count). The van der Waals surface area contributed by atoms with Crippen LogP contribution in [-0.4, -0.2) is 57.6 Å². The molecule has 1 saturated heterocycles. The van der Waals surface area contributed by atoms with Gasteiger partial charge in [-0.15, -0.1) is 0 Å². The van der Waals surface area contributed by atoms with E-state index in [1.165, 1.54) is 7.11 Å². The van der Waals surface area contributed by atoms with Crippen molar-refractivity contribution in [2.45, 2.75) is 25.8 Å². The number of amides is 2. The summed E-state index contributed by atoms with van der Waals surface area (Å²) in [5.74, 6) is -0.840. The fourth-order valence-corrected chi connectivity index (χ4v) is 3.87. The molecule has 7 heteroatoms. The van der Waals surface area contributed by atoms with Gasteiger partial charge in [0.2, 0.25) is 0 Å². The van der Waals surface area contributed by atoms with Crippen LogP contribution in [0.3, 0.4) is 0 Å². The second-order valence-corrected chi connectivity index (χ2v) is 8.11. The fourth-order valence-electron chi connectivity index (χ4n) is 3.87. The number of aryl methyl sites for hydroxylation is 1. The smallest absolute Gasteiger partial charge is 0.313 e. The number of likely N-dealkylation sites (tertiary alicyclic amines) is 1. The number of carbonyl (C=O) groups excluding carboxylic acids is 2. The van der Waals surface area contributed by atoms with Gasteiger partial charge in [-0.1, -0.05) is 18.2 Å². The Balaban J connectivity index is 1.67. The summed E-state index contributed by atoms with van der Waals surface area (Å²) in [4.78, 5) is 29.4. The van der Waals surface area contributed by atoms with Crippen molar-refractivity contribution in [3.63, 3.8) is 0 Å². The van der Waals surface area contributed by atoms with Crippen molar-refractivity contribution in [1.29, 1.82) is 0 Å². The number of rotatable bonds is 7. The first-order chi connectivity index (χ1) is 14.9. The summed E-state index contributed by atoms with van der Waals surface area (Å²) in [6, 6.07) is 13.8. The number of benzene rings is 2. The zero-order chi connectivity index (χ0) is 22.4. The average Bonchev–Trinajstić information content (AvgIpc) is 3.29. The second kappa shape index (κ2) is 10.3. The molecule has 1 fully saturated rings. The molecule has 1 aliphatic rings. The maximum Gasteiger partial charge on any atom is 0.313 e. The van der Waals surface area contributed by atoms with Crippen molar-refractivity contribution < 1.29 is 14.3 Å². The van der Waals surface area contributed by atoms with Crippen molar-refractivity contribution >= 4 is 23.2 Å². The summed E-state index contributed by atoms with van der Waals surface area (Å²) >= 11 is 0. The predicted molar refractivity (Wildman–Crippen MR) is 124 cm³/mol. The summed E-state index contributed by atoms with van der Waals surface area (Å²) in [5, 5.41) is 5.48. The topological polar surface area (TPSA) is 73.9 Å². The third-order valence-electron chi connectivity index (χ3n) is 5.64. The zero-order valence-electron chi connectivity index (χ0n) is 18.8. The Labute approximate surface area is 184 Å². The molecule has 0 bridgehead atoms. The molecule has 1 heterocycles. The first-order valence-corrected chi connectivity index (χ1v) is 10.6. The first-order valence-electron chi connectivity index (χ1n) is 10.6. The maximum atomic E-state index is 12.5. The van der Waals surface area contributed by atoms with Crippen molar-refractivity contribution in [1.82, 2.24) is 10.2 Å². The van der Waals surface area contributed by atoms with E-state index in [9.17, 15) is 9.59 Å². The summed E-state index contributed by atoms with van der Waals surface area (Å²) in [5.41, 5.74) is 3.71. The lowest BCUT2D eigenvalue weighted by molar-refractivity contribution is -0.136. The molecule has 166 valence electrons. The highest BCUT2D eigenvalue weighted by Gasteiger charge is 2.25. The summed E-state index contributed by atoms with van der Waals surface area (Å²) in [7, 11) is 5.55. The molecule has 0 aliphatic carbocycles. The second-order valence-electron chi connectivity index (χ2n) is 8.11. The molecule has 1 atom stereocenters. The summed E-state index contributed by atoms with van der Waals surface area (Å²) in [6.45, 7) is 4.27. The molecule has 0 spiro atoms. The third-order valence-corrected chi connectivity index (χ3v) is 5.64. The lowest BCUT2D eigenvalue weighted by Gasteiger charge is -2.28. The number of carbonyl (C=O) groups is 2. The minimum absolute atomic E-state index is 0.0315. The van der Waals surface area contributed by atoms with Crippen LogP contribution in [0.2, 0.25) is 0 Å². The average molecular weight is 425 g/mol. The van der Waals surface area contributed by atoms with Crippen molar-refractivity contribution in [3.8, 4) is 5.75 Å². The quantitative estimate of drug-likeness (QED) is 0.669. The Bertz CT molecular complexity index is 906. The Morgan fingerprint density at radius 3 is 2.35 bits per heavy atom. The maximum absolute atomic E-state index is 12.5. The third kappa shape index (κ3) is 5.76. The Kier molecular flexibility index (Phi) is 7.52. The van der Waals surface area contributed by atoms with Gasteiger partial charge in [0, 0.05) is 26.3 Å². The molecule has 2 aromatic carbocycles. The van der Waals surface area contributed by atoms with Crippen molar-refractivity contribution in [2.75, 3.05) is 51.1 Å². The van der Waals surface area contributed by atoms with Crippen LogP contribution >= 0.6 is 0 Å². The van der Waals surface area contributed by atoms with Crippen LogP contribution in [0.1, 0.15) is 30.0 Å². The van der Waals surface area contributed by atoms with E-state index >= 15 is 0 Å². The fraction of sp³-hybridized carbons (Fsp3) is 0.417.